The van der Waals surface area contributed by atoms with Crippen molar-refractivity contribution in [1.82, 2.24) is 9.47 Å². The van der Waals surface area contributed by atoms with E-state index in [9.17, 15) is 9.18 Å². The van der Waals surface area contributed by atoms with Gasteiger partial charge in [0.25, 0.3) is 5.91 Å². The maximum Gasteiger partial charge on any atom is 0.270 e. The zero-order valence-electron chi connectivity index (χ0n) is 10.1. The van der Waals surface area contributed by atoms with Crippen LogP contribution in [0.1, 0.15) is 16.1 Å². The van der Waals surface area contributed by atoms with E-state index < -0.39 is 0 Å². The van der Waals surface area contributed by atoms with Crippen LogP contribution in [0.3, 0.4) is 0 Å². The minimum Gasteiger partial charge on any atom is -0.341 e. The maximum atomic E-state index is 13.2. The molecule has 0 spiro atoms. The number of nitrogens with zero attached hydrogens (tertiary/aromatic N) is 2. The number of hydrogen-bond acceptors (Lipinski definition) is 1. The fourth-order valence-corrected chi connectivity index (χ4v) is 2.97. The summed E-state index contributed by atoms with van der Waals surface area (Å²) in [6.45, 7) is 1.91. The first-order valence-corrected chi connectivity index (χ1v) is 7.11. The van der Waals surface area contributed by atoms with Crippen molar-refractivity contribution in [2.45, 2.75) is 13.1 Å². The molecule has 0 N–H and O–H groups in total. The Morgan fingerprint density at radius 1 is 1.26 bits per heavy atom. The molecule has 0 saturated heterocycles. The Bertz CT molecular complexity index is 638. The van der Waals surface area contributed by atoms with Gasteiger partial charge in [0.1, 0.15) is 11.5 Å². The molecule has 0 radical (unpaired) electrons. The molecule has 0 atom stereocenters. The lowest BCUT2D eigenvalue weighted by Crippen LogP contribution is -2.39. The van der Waals surface area contributed by atoms with Gasteiger partial charge in [-0.25, -0.2) is 4.39 Å². The molecule has 2 aromatic rings. The van der Waals surface area contributed by atoms with Crippen LogP contribution in [0.25, 0.3) is 0 Å². The number of aromatic nitrogens is 1. The molecule has 98 valence electrons. The lowest BCUT2D eigenvalue weighted by atomic mass is 10.2. The molecule has 3 rings (SSSR count). The quantitative estimate of drug-likeness (QED) is 0.747. The summed E-state index contributed by atoms with van der Waals surface area (Å²) in [6.07, 6.45) is 1.98. The summed E-state index contributed by atoms with van der Waals surface area (Å²) in [5, 5.41) is 0. The normalized spacial score (nSPS) is 14.6. The number of rotatable bonds is 2. The molecule has 1 amide bonds. The minimum absolute atomic E-state index is 0.0124. The van der Waals surface area contributed by atoms with E-state index in [1.807, 2.05) is 22.9 Å². The number of fused-ring (bicyclic) bond motifs is 1. The van der Waals surface area contributed by atoms with Gasteiger partial charge in [0, 0.05) is 29.4 Å². The van der Waals surface area contributed by atoms with Crippen LogP contribution in [0.4, 0.5) is 4.39 Å². The fourth-order valence-electron chi connectivity index (χ4n) is 2.34. The first-order chi connectivity index (χ1) is 9.13. The predicted octanol–water partition coefficient (Wildman–Crippen LogP) is 2.89. The molecule has 0 fully saturated rings. The second-order valence-electron chi connectivity index (χ2n) is 4.59. The lowest BCUT2D eigenvalue weighted by Gasteiger charge is -2.28. The zero-order chi connectivity index (χ0) is 13.4. The maximum absolute atomic E-state index is 13.2. The highest BCUT2D eigenvalue weighted by molar-refractivity contribution is 14.1. The second kappa shape index (κ2) is 4.96. The number of benzene rings is 1. The third-order valence-corrected chi connectivity index (χ3v) is 3.83. The average molecular weight is 370 g/mol. The molecule has 1 aliphatic rings. The number of amides is 1. The summed E-state index contributed by atoms with van der Waals surface area (Å²) in [7, 11) is 0. The van der Waals surface area contributed by atoms with Gasteiger partial charge in [-0.3, -0.25) is 4.79 Å². The standard InChI is InChI=1S/C14H12FIN2O/c15-11-3-1-2-10(6-11)8-18-5-4-17-9-12(16)7-13(17)14(18)19/h1-3,6-7,9H,4-5,8H2. The third kappa shape index (κ3) is 2.51. The van der Waals surface area contributed by atoms with Gasteiger partial charge >= 0.3 is 0 Å². The van der Waals surface area contributed by atoms with Crippen LogP contribution >= 0.6 is 22.6 Å². The zero-order valence-corrected chi connectivity index (χ0v) is 12.3. The van der Waals surface area contributed by atoms with E-state index in [-0.39, 0.29) is 11.7 Å². The summed E-state index contributed by atoms with van der Waals surface area (Å²) in [4.78, 5) is 14.1. The Balaban J connectivity index is 1.82. The van der Waals surface area contributed by atoms with E-state index in [2.05, 4.69) is 22.6 Å². The lowest BCUT2D eigenvalue weighted by molar-refractivity contribution is 0.0691. The van der Waals surface area contributed by atoms with Crippen LogP contribution in [0, 0.1) is 9.39 Å². The van der Waals surface area contributed by atoms with E-state index in [4.69, 9.17) is 0 Å². The van der Waals surface area contributed by atoms with Crippen molar-refractivity contribution in [2.75, 3.05) is 6.54 Å². The van der Waals surface area contributed by atoms with Crippen molar-refractivity contribution >= 4 is 28.5 Å². The molecule has 3 nitrogen and oxygen atoms in total. The van der Waals surface area contributed by atoms with Crippen molar-refractivity contribution in [1.29, 1.82) is 0 Å². The highest BCUT2D eigenvalue weighted by Gasteiger charge is 2.24. The Morgan fingerprint density at radius 3 is 2.89 bits per heavy atom. The number of carbonyl (C=O) groups excluding carboxylic acids is 1. The van der Waals surface area contributed by atoms with E-state index in [1.165, 1.54) is 12.1 Å². The van der Waals surface area contributed by atoms with Crippen LogP contribution in [0.5, 0.6) is 0 Å². The van der Waals surface area contributed by atoms with E-state index in [0.717, 1.165) is 15.7 Å². The van der Waals surface area contributed by atoms with Crippen LogP contribution in [-0.2, 0) is 13.1 Å². The van der Waals surface area contributed by atoms with Crippen molar-refractivity contribution in [2.24, 2.45) is 0 Å². The summed E-state index contributed by atoms with van der Waals surface area (Å²) < 4.78 is 16.2. The van der Waals surface area contributed by atoms with Crippen molar-refractivity contribution in [3.05, 3.63) is 57.2 Å². The first kappa shape index (κ1) is 12.7. The predicted molar refractivity (Wildman–Crippen MR) is 78.3 cm³/mol. The SMILES string of the molecule is O=C1c2cc(I)cn2CCN1Cc1cccc(F)c1. The van der Waals surface area contributed by atoms with E-state index in [1.54, 1.807) is 11.0 Å². The number of halogens is 2. The molecule has 1 aromatic carbocycles. The van der Waals surface area contributed by atoms with Crippen LogP contribution < -0.4 is 0 Å². The van der Waals surface area contributed by atoms with Crippen molar-refractivity contribution < 1.29 is 9.18 Å². The topological polar surface area (TPSA) is 25.2 Å². The molecule has 1 aromatic heterocycles. The van der Waals surface area contributed by atoms with Crippen LogP contribution in [0.15, 0.2) is 36.5 Å². The molecular weight excluding hydrogens is 358 g/mol. The Morgan fingerprint density at radius 2 is 2.11 bits per heavy atom. The molecule has 0 unspecified atom stereocenters. The van der Waals surface area contributed by atoms with Crippen LogP contribution in [0.2, 0.25) is 0 Å². The average Bonchev–Trinajstić information content (AvgIpc) is 2.75. The molecular formula is C14H12FIN2O. The molecule has 0 aliphatic carbocycles. The molecule has 2 heterocycles. The number of carbonyl (C=O) groups is 1. The van der Waals surface area contributed by atoms with Gasteiger partial charge in [0.05, 0.1) is 0 Å². The largest absolute Gasteiger partial charge is 0.341 e. The van der Waals surface area contributed by atoms with Crippen molar-refractivity contribution in [3.63, 3.8) is 0 Å². The van der Waals surface area contributed by atoms with Gasteiger partial charge in [-0.15, -0.1) is 0 Å². The highest BCUT2D eigenvalue weighted by atomic mass is 127. The molecule has 0 bridgehead atoms. The van der Waals surface area contributed by atoms with Gasteiger partial charge < -0.3 is 9.47 Å². The Kier molecular flexibility index (Phi) is 3.30. The summed E-state index contributed by atoms with van der Waals surface area (Å²) in [5.74, 6) is -0.252. The van der Waals surface area contributed by atoms with Gasteiger partial charge in [-0.05, 0) is 46.4 Å². The molecule has 1 aliphatic heterocycles. The van der Waals surface area contributed by atoms with E-state index in [0.29, 0.717) is 18.8 Å². The van der Waals surface area contributed by atoms with Gasteiger partial charge in [0.2, 0.25) is 0 Å². The van der Waals surface area contributed by atoms with Gasteiger partial charge in [-0.1, -0.05) is 12.1 Å². The number of hydrogen-bond donors (Lipinski definition) is 0. The van der Waals surface area contributed by atoms with Crippen molar-refractivity contribution in [3.8, 4) is 0 Å². The Labute approximate surface area is 124 Å². The molecule has 0 saturated carbocycles. The van der Waals surface area contributed by atoms with E-state index >= 15 is 0 Å². The minimum atomic E-state index is -0.264. The van der Waals surface area contributed by atoms with Crippen LogP contribution in [-0.4, -0.2) is 21.9 Å². The van der Waals surface area contributed by atoms with Gasteiger partial charge in [-0.2, -0.15) is 0 Å². The highest BCUT2D eigenvalue weighted by Crippen LogP contribution is 2.19. The second-order valence-corrected chi connectivity index (χ2v) is 5.84. The molecule has 19 heavy (non-hydrogen) atoms. The first-order valence-electron chi connectivity index (χ1n) is 6.03. The summed E-state index contributed by atoms with van der Waals surface area (Å²) in [6, 6.07) is 8.29. The Hall–Kier alpha value is -1.37. The fraction of sp³-hybridized carbons (Fsp3) is 0.214. The summed E-state index contributed by atoms with van der Waals surface area (Å²) >= 11 is 2.20. The smallest absolute Gasteiger partial charge is 0.270 e. The third-order valence-electron chi connectivity index (χ3n) is 3.24. The summed E-state index contributed by atoms with van der Waals surface area (Å²) in [5.41, 5.74) is 1.54. The monoisotopic (exact) mass is 370 g/mol. The molecule has 5 heteroatoms. The van der Waals surface area contributed by atoms with Gasteiger partial charge in [0.15, 0.2) is 0 Å².